The van der Waals surface area contributed by atoms with Gasteiger partial charge in [-0.15, -0.1) is 0 Å². The Morgan fingerprint density at radius 1 is 1.44 bits per heavy atom. The Morgan fingerprint density at radius 3 is 2.61 bits per heavy atom. The van der Waals surface area contributed by atoms with Gasteiger partial charge in [0, 0.05) is 12.0 Å². The molecule has 0 saturated heterocycles. The number of nitrogens with zero attached hydrogens (tertiary/aromatic N) is 1. The van der Waals surface area contributed by atoms with Crippen LogP contribution in [0.15, 0.2) is 29.3 Å². The molecule has 0 heterocycles. The van der Waals surface area contributed by atoms with Crippen molar-refractivity contribution in [3.63, 3.8) is 0 Å². The lowest BCUT2D eigenvalue weighted by molar-refractivity contribution is -0.142. The first kappa shape index (κ1) is 14.0. The van der Waals surface area contributed by atoms with Gasteiger partial charge in [-0.25, -0.2) is 9.79 Å². The Hall–Kier alpha value is -2.11. The number of aliphatic imine (C=N–C) groups is 1. The zero-order chi connectivity index (χ0) is 13.4. The molecule has 1 aromatic carbocycles. The van der Waals surface area contributed by atoms with Gasteiger partial charge in [0.15, 0.2) is 12.4 Å². The molecule has 0 aliphatic heterocycles. The Kier molecular flexibility index (Phi) is 5.63. The van der Waals surface area contributed by atoms with Gasteiger partial charge in [-0.1, -0.05) is 24.3 Å². The highest BCUT2D eigenvalue weighted by molar-refractivity contribution is 6.02. The largest absolute Gasteiger partial charge is 0.560 e. The van der Waals surface area contributed by atoms with Crippen LogP contribution in [0.5, 0.6) is 0 Å². The lowest BCUT2D eigenvalue weighted by Gasteiger charge is -2.10. The Bertz CT molecular complexity index is 430. The molecule has 92 valence electrons. The van der Waals surface area contributed by atoms with Crippen LogP contribution in [0.3, 0.4) is 0 Å². The molecule has 1 unspecified atom stereocenters. The second-order valence-electron chi connectivity index (χ2n) is 3.49. The number of benzene rings is 1. The van der Waals surface area contributed by atoms with E-state index in [2.05, 4.69) is 14.4 Å². The summed E-state index contributed by atoms with van der Waals surface area (Å²) in [5.74, 6) is -0.484. The number of carbonyl (C=O) groups is 2. The van der Waals surface area contributed by atoms with E-state index >= 15 is 0 Å². The first-order chi connectivity index (χ1) is 8.71. The normalized spacial score (nSPS) is 12.1. The number of hydrogen-bond donors (Lipinski definition) is 0. The molecule has 0 aliphatic carbocycles. The van der Waals surface area contributed by atoms with Crippen molar-refractivity contribution in [2.24, 2.45) is 4.99 Å². The van der Waals surface area contributed by atoms with Crippen molar-refractivity contribution < 1.29 is 19.0 Å². The van der Waals surface area contributed by atoms with Gasteiger partial charge >= 0.3 is 14.0 Å². The summed E-state index contributed by atoms with van der Waals surface area (Å²) in [5, 5.41) is 0. The summed E-state index contributed by atoms with van der Waals surface area (Å²) in [6.45, 7) is 0. The first-order valence-corrected chi connectivity index (χ1v) is 5.20. The molecule has 1 aromatic rings. The zero-order valence-electron chi connectivity index (χ0n) is 9.91. The maximum absolute atomic E-state index is 11.5. The third-order valence-electron chi connectivity index (χ3n) is 2.32. The summed E-state index contributed by atoms with van der Waals surface area (Å²) in [6, 6.07) is 6.11. The highest BCUT2D eigenvalue weighted by Gasteiger charge is 2.18. The molecule has 5 nitrogen and oxygen atoms in total. The van der Waals surface area contributed by atoms with Crippen LogP contribution in [0, 0.1) is 0 Å². The first-order valence-electron chi connectivity index (χ1n) is 5.20. The Labute approximate surface area is 106 Å². The van der Waals surface area contributed by atoms with Crippen molar-refractivity contribution >= 4 is 26.7 Å². The fourth-order valence-electron chi connectivity index (χ4n) is 1.40. The van der Waals surface area contributed by atoms with E-state index in [1.165, 1.54) is 7.11 Å². The smallest absolute Gasteiger partial charge is 0.375 e. The predicted molar refractivity (Wildman–Crippen MR) is 66.7 cm³/mol. The minimum Gasteiger partial charge on any atom is -0.560 e. The number of hydrogen-bond acceptors (Lipinski definition) is 5. The van der Waals surface area contributed by atoms with E-state index in [-0.39, 0.29) is 0 Å². The van der Waals surface area contributed by atoms with Crippen LogP contribution in [-0.4, -0.2) is 39.9 Å². The number of ether oxygens (including phenoxy) is 1. The number of esters is 1. The molecule has 0 bridgehead atoms. The average molecular weight is 245 g/mol. The van der Waals surface area contributed by atoms with Gasteiger partial charge in [0.1, 0.15) is 6.29 Å². The van der Waals surface area contributed by atoms with Gasteiger partial charge in [0.25, 0.3) is 0 Å². The lowest BCUT2D eigenvalue weighted by atomic mass is 10.0. The third-order valence-corrected chi connectivity index (χ3v) is 2.32. The predicted octanol–water partition coefficient (Wildman–Crippen LogP) is 0.712. The van der Waals surface area contributed by atoms with E-state index < -0.39 is 12.0 Å². The van der Waals surface area contributed by atoms with Crippen LogP contribution in [-0.2, 0) is 20.6 Å². The summed E-state index contributed by atoms with van der Waals surface area (Å²) < 4.78 is 8.82. The second kappa shape index (κ2) is 7.27. The van der Waals surface area contributed by atoms with Crippen LogP contribution in [0.2, 0.25) is 0 Å². The van der Waals surface area contributed by atoms with E-state index in [4.69, 9.17) is 8.05 Å². The zero-order valence-corrected chi connectivity index (χ0v) is 9.91. The molecule has 0 fully saturated rings. The average Bonchev–Trinajstić information content (AvgIpc) is 2.43. The third kappa shape index (κ3) is 4.05. The highest BCUT2D eigenvalue weighted by atomic mass is 16.5. The number of carbonyl (C=O) groups excluding carboxylic acids is 2. The van der Waals surface area contributed by atoms with Crippen LogP contribution < -0.4 is 0 Å². The monoisotopic (exact) mass is 245 g/mol. The summed E-state index contributed by atoms with van der Waals surface area (Å²) in [5.41, 5.74) is 1.42. The summed E-state index contributed by atoms with van der Waals surface area (Å²) >= 11 is 0. The fourth-order valence-corrected chi connectivity index (χ4v) is 1.40. The molecule has 0 aliphatic rings. The molecule has 1 rings (SSSR count). The molecule has 0 amide bonds. The van der Waals surface area contributed by atoms with E-state index in [9.17, 15) is 9.59 Å². The minimum atomic E-state index is -0.722. The molecule has 18 heavy (non-hydrogen) atoms. The van der Waals surface area contributed by atoms with Gasteiger partial charge in [-0.3, -0.25) is 4.79 Å². The van der Waals surface area contributed by atoms with Crippen molar-refractivity contribution in [2.75, 3.05) is 7.11 Å². The van der Waals surface area contributed by atoms with Crippen molar-refractivity contribution in [1.29, 1.82) is 0 Å². The van der Waals surface area contributed by atoms with Gasteiger partial charge in [0.2, 0.25) is 0 Å². The summed E-state index contributed by atoms with van der Waals surface area (Å²) in [7, 11) is 6.09. The standard InChI is InChI=1S/C12H12BNO4/c1-17-12(16)11(14-8-18-13)6-9-2-4-10(7-15)5-3-9/h2-5,7-8,11H,6H2,1H3. The van der Waals surface area contributed by atoms with Crippen LogP contribution in [0.1, 0.15) is 15.9 Å². The highest BCUT2D eigenvalue weighted by Crippen LogP contribution is 2.09. The van der Waals surface area contributed by atoms with Gasteiger partial charge in [-0.2, -0.15) is 0 Å². The molecule has 0 saturated carbocycles. The SMILES string of the molecule is [B]OC=NC(Cc1ccc(C=O)cc1)C(=O)OC. The van der Waals surface area contributed by atoms with Crippen molar-refractivity contribution in [2.45, 2.75) is 12.5 Å². The second-order valence-corrected chi connectivity index (χ2v) is 3.49. The Morgan fingerprint density at radius 2 is 2.11 bits per heavy atom. The quantitative estimate of drug-likeness (QED) is 0.243. The molecular formula is C12H12BNO4. The maximum atomic E-state index is 11.5. The van der Waals surface area contributed by atoms with E-state index in [1.54, 1.807) is 24.3 Å². The van der Waals surface area contributed by atoms with E-state index in [0.29, 0.717) is 12.0 Å². The maximum Gasteiger partial charge on any atom is 0.375 e. The topological polar surface area (TPSA) is 65.0 Å². The van der Waals surface area contributed by atoms with Crippen molar-refractivity contribution in [1.82, 2.24) is 0 Å². The van der Waals surface area contributed by atoms with Crippen LogP contribution in [0.25, 0.3) is 0 Å². The number of rotatable bonds is 6. The lowest BCUT2D eigenvalue weighted by Crippen LogP contribution is -2.23. The molecule has 0 spiro atoms. The van der Waals surface area contributed by atoms with Crippen molar-refractivity contribution in [3.8, 4) is 0 Å². The summed E-state index contributed by atoms with van der Waals surface area (Å²) in [6.07, 6.45) is 2.08. The number of aldehydes is 1. The summed E-state index contributed by atoms with van der Waals surface area (Å²) in [4.78, 5) is 25.8. The van der Waals surface area contributed by atoms with Gasteiger partial charge < -0.3 is 9.39 Å². The molecular weight excluding hydrogens is 233 g/mol. The van der Waals surface area contributed by atoms with Crippen molar-refractivity contribution in [3.05, 3.63) is 35.4 Å². The fraction of sp³-hybridized carbons (Fsp3) is 0.250. The Balaban J connectivity index is 2.78. The molecule has 0 aromatic heterocycles. The van der Waals surface area contributed by atoms with Gasteiger partial charge in [-0.05, 0) is 5.56 Å². The number of methoxy groups -OCH3 is 1. The molecule has 1 atom stereocenters. The molecule has 0 N–H and O–H groups in total. The minimum absolute atomic E-state index is 0.339. The molecule has 2 radical (unpaired) electrons. The van der Waals surface area contributed by atoms with Crippen LogP contribution >= 0.6 is 0 Å². The van der Waals surface area contributed by atoms with E-state index in [0.717, 1.165) is 18.3 Å². The van der Waals surface area contributed by atoms with E-state index in [1.807, 2.05) is 0 Å². The molecule has 6 heteroatoms. The van der Waals surface area contributed by atoms with Gasteiger partial charge in [0.05, 0.1) is 7.11 Å². The van der Waals surface area contributed by atoms with Crippen LogP contribution in [0.4, 0.5) is 0 Å².